The molecule has 1 aromatic carbocycles. The van der Waals surface area contributed by atoms with E-state index in [0.717, 1.165) is 18.5 Å². The number of ether oxygens (including phenoxy) is 1. The van der Waals surface area contributed by atoms with Crippen LogP contribution in [0.25, 0.3) is 0 Å². The number of esters is 1. The summed E-state index contributed by atoms with van der Waals surface area (Å²) in [4.78, 5) is 26.6. The number of para-hydroxylation sites is 1. The Morgan fingerprint density at radius 3 is 2.92 bits per heavy atom. The number of fused-ring (bicyclic) bond motifs is 1. The molecule has 1 N–H and O–H groups in total. The number of aryl methyl sites for hydroxylation is 1. The Morgan fingerprint density at radius 1 is 1.32 bits per heavy atom. The lowest BCUT2D eigenvalue weighted by molar-refractivity contribution is -0.115. The van der Waals surface area contributed by atoms with Gasteiger partial charge in [-0.05, 0) is 49.8 Å². The Hall–Kier alpha value is -2.34. The van der Waals surface area contributed by atoms with E-state index in [1.165, 1.54) is 16.9 Å². The summed E-state index contributed by atoms with van der Waals surface area (Å²) < 4.78 is 5.03. The first-order valence-electron chi connectivity index (χ1n) is 8.49. The maximum Gasteiger partial charge on any atom is 0.341 e. The smallest absolute Gasteiger partial charge is 0.341 e. The number of benzene rings is 1. The zero-order valence-corrected chi connectivity index (χ0v) is 15.3. The molecule has 0 bridgehead atoms. The van der Waals surface area contributed by atoms with Crippen LogP contribution < -0.4 is 10.2 Å². The molecular formula is C19H22N2O3S. The third kappa shape index (κ3) is 3.85. The van der Waals surface area contributed by atoms with E-state index >= 15 is 0 Å². The number of thiophene rings is 1. The highest BCUT2D eigenvalue weighted by molar-refractivity contribution is 7.14. The number of hydrogen-bond donors (Lipinski definition) is 1. The van der Waals surface area contributed by atoms with Gasteiger partial charge in [0.25, 0.3) is 0 Å². The van der Waals surface area contributed by atoms with Gasteiger partial charge in [-0.15, -0.1) is 11.3 Å². The Morgan fingerprint density at radius 2 is 2.12 bits per heavy atom. The molecule has 2 heterocycles. The van der Waals surface area contributed by atoms with Gasteiger partial charge in [0.05, 0.1) is 18.7 Å². The van der Waals surface area contributed by atoms with E-state index in [1.807, 2.05) is 12.1 Å². The fourth-order valence-corrected chi connectivity index (χ4v) is 3.89. The lowest BCUT2D eigenvalue weighted by atomic mass is 9.97. The van der Waals surface area contributed by atoms with Crippen LogP contribution >= 0.6 is 11.3 Å². The van der Waals surface area contributed by atoms with Crippen molar-refractivity contribution in [2.45, 2.75) is 32.7 Å². The van der Waals surface area contributed by atoms with Gasteiger partial charge in [-0.1, -0.05) is 18.2 Å². The quantitative estimate of drug-likeness (QED) is 0.828. The number of anilines is 2. The van der Waals surface area contributed by atoms with Crippen LogP contribution in [0.2, 0.25) is 0 Å². The fraction of sp³-hybridized carbons (Fsp3) is 0.368. The minimum absolute atomic E-state index is 0.128. The highest BCUT2D eigenvalue weighted by Gasteiger charge is 2.25. The third-order valence-corrected chi connectivity index (χ3v) is 5.22. The Balaban J connectivity index is 1.72. The minimum atomic E-state index is -0.407. The summed E-state index contributed by atoms with van der Waals surface area (Å²) in [6.45, 7) is 4.47. The van der Waals surface area contributed by atoms with Gasteiger partial charge in [-0.2, -0.15) is 0 Å². The average Bonchev–Trinajstić information content (AvgIpc) is 3.06. The second kappa shape index (κ2) is 7.70. The van der Waals surface area contributed by atoms with Gasteiger partial charge in [0, 0.05) is 11.7 Å². The molecule has 0 aliphatic carbocycles. The predicted octanol–water partition coefficient (Wildman–Crippen LogP) is 3.70. The normalized spacial score (nSPS) is 16.2. The molecule has 2 aromatic rings. The van der Waals surface area contributed by atoms with Gasteiger partial charge < -0.3 is 15.0 Å². The molecule has 3 rings (SSSR count). The number of nitrogens with one attached hydrogen (secondary N) is 1. The van der Waals surface area contributed by atoms with E-state index in [4.69, 9.17) is 4.74 Å². The van der Waals surface area contributed by atoms with Gasteiger partial charge in [-0.25, -0.2) is 4.79 Å². The summed E-state index contributed by atoms with van der Waals surface area (Å²) in [7, 11) is 0. The van der Waals surface area contributed by atoms with Gasteiger partial charge >= 0.3 is 5.97 Å². The number of carbonyl (C=O) groups is 2. The van der Waals surface area contributed by atoms with Crippen LogP contribution in [0.5, 0.6) is 0 Å². The Kier molecular flexibility index (Phi) is 5.38. The first-order chi connectivity index (χ1) is 12.1. The molecule has 1 aromatic heterocycles. The molecule has 1 unspecified atom stereocenters. The van der Waals surface area contributed by atoms with Crippen LogP contribution in [0.3, 0.4) is 0 Å². The zero-order valence-electron chi connectivity index (χ0n) is 14.5. The maximum atomic E-state index is 12.6. The molecule has 0 fully saturated rings. The van der Waals surface area contributed by atoms with E-state index in [1.54, 1.807) is 18.4 Å². The summed E-state index contributed by atoms with van der Waals surface area (Å²) in [5.41, 5.74) is 2.80. The second-order valence-corrected chi connectivity index (χ2v) is 6.99. The molecule has 6 heteroatoms. The summed E-state index contributed by atoms with van der Waals surface area (Å²) in [5.74, 6) is -0.535. The topological polar surface area (TPSA) is 58.6 Å². The summed E-state index contributed by atoms with van der Waals surface area (Å²) >= 11 is 1.33. The van der Waals surface area contributed by atoms with E-state index in [0.29, 0.717) is 23.2 Å². The highest BCUT2D eigenvalue weighted by Crippen LogP contribution is 2.30. The molecule has 0 radical (unpaired) electrons. The van der Waals surface area contributed by atoms with E-state index in [2.05, 4.69) is 29.3 Å². The van der Waals surface area contributed by atoms with Crippen molar-refractivity contribution < 1.29 is 14.3 Å². The SMILES string of the molecule is CCOC(=O)c1ccsc1NC(=O)CN1c2ccccc2CCC1C. The number of rotatable bonds is 5. The largest absolute Gasteiger partial charge is 0.462 e. The van der Waals surface area contributed by atoms with Crippen molar-refractivity contribution >= 4 is 33.9 Å². The molecule has 25 heavy (non-hydrogen) atoms. The summed E-state index contributed by atoms with van der Waals surface area (Å²) in [6, 6.07) is 10.2. The minimum Gasteiger partial charge on any atom is -0.462 e. The van der Waals surface area contributed by atoms with Gasteiger partial charge in [-0.3, -0.25) is 4.79 Å². The van der Waals surface area contributed by atoms with Crippen molar-refractivity contribution in [2.24, 2.45) is 0 Å². The first-order valence-corrected chi connectivity index (χ1v) is 9.37. The van der Waals surface area contributed by atoms with Gasteiger partial charge in [0.15, 0.2) is 0 Å². The Labute approximate surface area is 151 Å². The number of nitrogens with zero attached hydrogens (tertiary/aromatic N) is 1. The molecule has 1 atom stereocenters. The molecule has 0 spiro atoms. The van der Waals surface area contributed by atoms with Crippen LogP contribution in [0.15, 0.2) is 35.7 Å². The fourth-order valence-electron chi connectivity index (χ4n) is 3.10. The third-order valence-electron chi connectivity index (χ3n) is 4.39. The average molecular weight is 358 g/mol. The molecular weight excluding hydrogens is 336 g/mol. The molecule has 1 amide bonds. The van der Waals surface area contributed by atoms with Gasteiger partial charge in [0.1, 0.15) is 5.00 Å². The molecule has 1 aliphatic heterocycles. The molecule has 0 saturated carbocycles. The van der Waals surface area contributed by atoms with Crippen molar-refractivity contribution in [1.82, 2.24) is 0 Å². The van der Waals surface area contributed by atoms with Crippen LogP contribution in [0.4, 0.5) is 10.7 Å². The first kappa shape index (κ1) is 17.5. The van der Waals surface area contributed by atoms with Crippen LogP contribution in [0.1, 0.15) is 36.2 Å². The summed E-state index contributed by atoms with van der Waals surface area (Å²) in [6.07, 6.45) is 2.06. The summed E-state index contributed by atoms with van der Waals surface area (Å²) in [5, 5.41) is 5.19. The van der Waals surface area contributed by atoms with Crippen molar-refractivity contribution in [3.63, 3.8) is 0 Å². The predicted molar refractivity (Wildman–Crippen MR) is 100 cm³/mol. The number of amides is 1. The molecule has 5 nitrogen and oxygen atoms in total. The monoisotopic (exact) mass is 358 g/mol. The Bertz CT molecular complexity index is 772. The van der Waals surface area contributed by atoms with Gasteiger partial charge in [0.2, 0.25) is 5.91 Å². The second-order valence-electron chi connectivity index (χ2n) is 6.08. The van der Waals surface area contributed by atoms with Crippen molar-refractivity contribution in [3.05, 3.63) is 46.8 Å². The van der Waals surface area contributed by atoms with Crippen LogP contribution in [0, 0.1) is 0 Å². The van der Waals surface area contributed by atoms with Crippen molar-refractivity contribution in [1.29, 1.82) is 0 Å². The number of carbonyl (C=O) groups excluding carboxylic acids is 2. The van der Waals surface area contributed by atoms with E-state index < -0.39 is 5.97 Å². The highest BCUT2D eigenvalue weighted by atomic mass is 32.1. The van der Waals surface area contributed by atoms with Crippen molar-refractivity contribution in [3.8, 4) is 0 Å². The van der Waals surface area contributed by atoms with E-state index in [9.17, 15) is 9.59 Å². The lowest BCUT2D eigenvalue weighted by Crippen LogP contribution is -2.42. The maximum absolute atomic E-state index is 12.6. The zero-order chi connectivity index (χ0) is 17.8. The van der Waals surface area contributed by atoms with Crippen LogP contribution in [-0.4, -0.2) is 31.1 Å². The lowest BCUT2D eigenvalue weighted by Gasteiger charge is -2.36. The number of hydrogen-bond acceptors (Lipinski definition) is 5. The standard InChI is InChI=1S/C19H22N2O3S/c1-3-24-19(23)15-10-11-25-18(15)20-17(22)12-21-13(2)8-9-14-6-4-5-7-16(14)21/h4-7,10-11,13H,3,8-9,12H2,1-2H3,(H,20,22). The molecule has 1 aliphatic rings. The van der Waals surface area contributed by atoms with E-state index in [-0.39, 0.29) is 12.5 Å². The molecule has 0 saturated heterocycles. The van der Waals surface area contributed by atoms with Crippen LogP contribution in [-0.2, 0) is 16.0 Å². The molecule has 132 valence electrons. The van der Waals surface area contributed by atoms with Crippen molar-refractivity contribution in [2.75, 3.05) is 23.4 Å².